The molecule has 0 bridgehead atoms. The van der Waals surface area contributed by atoms with E-state index in [2.05, 4.69) is 13.2 Å². The zero-order valence-electron chi connectivity index (χ0n) is 12.7. The average molecular weight is 296 g/mol. The molecular formula is C19H20O3. The number of phenols is 1. The lowest BCUT2D eigenvalue weighted by atomic mass is 9.99. The number of hydrogen-bond acceptors (Lipinski definition) is 3. The maximum atomic E-state index is 10.4. The molecule has 0 saturated carbocycles. The number of ether oxygens (including phenoxy) is 2. The molecule has 0 amide bonds. The first-order valence-electron chi connectivity index (χ1n) is 7.04. The summed E-state index contributed by atoms with van der Waals surface area (Å²) in [6.07, 6.45) is 4.22. The Bertz CT molecular complexity index is 674. The lowest BCUT2D eigenvalue weighted by molar-refractivity contribution is 0.363. The van der Waals surface area contributed by atoms with Crippen molar-refractivity contribution in [3.05, 3.63) is 67.3 Å². The zero-order valence-corrected chi connectivity index (χ0v) is 12.7. The summed E-state index contributed by atoms with van der Waals surface area (Å²) in [5, 5.41) is 10.4. The van der Waals surface area contributed by atoms with Crippen LogP contribution in [0.4, 0.5) is 0 Å². The van der Waals surface area contributed by atoms with Gasteiger partial charge in [-0.2, -0.15) is 0 Å². The van der Waals surface area contributed by atoms with Crippen LogP contribution in [-0.2, 0) is 6.42 Å². The van der Waals surface area contributed by atoms with Crippen LogP contribution >= 0.6 is 0 Å². The SMILES string of the molecule is C=CCOc1cccc(-c2cc(CC=C)cc(OC)c2O)c1. The lowest BCUT2D eigenvalue weighted by Crippen LogP contribution is -1.94. The van der Waals surface area contributed by atoms with Gasteiger partial charge in [-0.15, -0.1) is 6.58 Å². The third kappa shape index (κ3) is 3.50. The van der Waals surface area contributed by atoms with Crippen molar-refractivity contribution in [1.29, 1.82) is 0 Å². The standard InChI is InChI=1S/C19H20O3/c1-4-7-14-11-17(19(20)18(12-14)21-3)15-8-6-9-16(13-15)22-10-5-2/h4-6,8-9,11-13,20H,1-2,7,10H2,3H3. The molecule has 0 aliphatic rings. The molecule has 22 heavy (non-hydrogen) atoms. The molecule has 0 aromatic heterocycles. The van der Waals surface area contributed by atoms with Crippen LogP contribution in [0.5, 0.6) is 17.2 Å². The van der Waals surface area contributed by atoms with E-state index in [1.165, 1.54) is 0 Å². The topological polar surface area (TPSA) is 38.7 Å². The predicted octanol–water partition coefficient (Wildman–Crippen LogP) is 4.36. The van der Waals surface area contributed by atoms with Gasteiger partial charge in [0.2, 0.25) is 0 Å². The van der Waals surface area contributed by atoms with Crippen molar-refractivity contribution in [2.24, 2.45) is 0 Å². The Morgan fingerprint density at radius 1 is 1.14 bits per heavy atom. The number of hydrogen-bond donors (Lipinski definition) is 1. The molecule has 0 spiro atoms. The Hall–Kier alpha value is -2.68. The fourth-order valence-electron chi connectivity index (χ4n) is 2.23. The molecule has 3 heteroatoms. The Labute approximate surface area is 131 Å². The van der Waals surface area contributed by atoms with Crippen molar-refractivity contribution in [2.75, 3.05) is 13.7 Å². The number of benzene rings is 2. The van der Waals surface area contributed by atoms with Gasteiger partial charge in [-0.25, -0.2) is 0 Å². The molecule has 0 saturated heterocycles. The second-order valence-electron chi connectivity index (χ2n) is 4.81. The van der Waals surface area contributed by atoms with Crippen molar-refractivity contribution in [3.63, 3.8) is 0 Å². The lowest BCUT2D eigenvalue weighted by Gasteiger charge is -2.13. The Morgan fingerprint density at radius 2 is 1.95 bits per heavy atom. The van der Waals surface area contributed by atoms with Gasteiger partial charge in [0.25, 0.3) is 0 Å². The van der Waals surface area contributed by atoms with Gasteiger partial charge in [-0.05, 0) is 41.8 Å². The number of rotatable bonds is 7. The number of methoxy groups -OCH3 is 1. The first-order valence-corrected chi connectivity index (χ1v) is 7.04. The Balaban J connectivity index is 2.48. The molecule has 0 radical (unpaired) electrons. The zero-order chi connectivity index (χ0) is 15.9. The van der Waals surface area contributed by atoms with E-state index >= 15 is 0 Å². The molecule has 114 valence electrons. The molecule has 0 aliphatic heterocycles. The molecule has 0 fully saturated rings. The van der Waals surface area contributed by atoms with Gasteiger partial charge in [0.15, 0.2) is 11.5 Å². The van der Waals surface area contributed by atoms with Crippen LogP contribution < -0.4 is 9.47 Å². The molecule has 2 rings (SSSR count). The van der Waals surface area contributed by atoms with Crippen LogP contribution in [0.1, 0.15) is 5.56 Å². The maximum Gasteiger partial charge on any atom is 0.165 e. The van der Waals surface area contributed by atoms with Crippen LogP contribution in [-0.4, -0.2) is 18.8 Å². The summed E-state index contributed by atoms with van der Waals surface area (Å²) in [7, 11) is 1.54. The smallest absolute Gasteiger partial charge is 0.165 e. The average Bonchev–Trinajstić information content (AvgIpc) is 2.55. The van der Waals surface area contributed by atoms with Gasteiger partial charge in [0.1, 0.15) is 12.4 Å². The van der Waals surface area contributed by atoms with Crippen molar-refractivity contribution in [3.8, 4) is 28.4 Å². The second-order valence-corrected chi connectivity index (χ2v) is 4.81. The van der Waals surface area contributed by atoms with E-state index in [0.717, 1.165) is 16.9 Å². The van der Waals surface area contributed by atoms with Crippen LogP contribution in [0.15, 0.2) is 61.7 Å². The summed E-state index contributed by atoms with van der Waals surface area (Å²) < 4.78 is 10.8. The fourth-order valence-corrected chi connectivity index (χ4v) is 2.23. The third-order valence-electron chi connectivity index (χ3n) is 3.25. The van der Waals surface area contributed by atoms with E-state index in [1.807, 2.05) is 42.5 Å². The molecule has 0 atom stereocenters. The summed E-state index contributed by atoms with van der Waals surface area (Å²) in [6.45, 7) is 7.83. The van der Waals surface area contributed by atoms with E-state index in [1.54, 1.807) is 13.2 Å². The highest BCUT2D eigenvalue weighted by molar-refractivity contribution is 5.75. The quantitative estimate of drug-likeness (QED) is 0.771. The highest BCUT2D eigenvalue weighted by Gasteiger charge is 2.12. The van der Waals surface area contributed by atoms with Crippen molar-refractivity contribution in [1.82, 2.24) is 0 Å². The first-order chi connectivity index (χ1) is 10.7. The molecule has 2 aromatic carbocycles. The number of phenolic OH excluding ortho intramolecular Hbond substituents is 1. The van der Waals surface area contributed by atoms with E-state index in [9.17, 15) is 5.11 Å². The minimum absolute atomic E-state index is 0.121. The van der Waals surface area contributed by atoms with Gasteiger partial charge in [0.05, 0.1) is 7.11 Å². The molecule has 1 N–H and O–H groups in total. The van der Waals surface area contributed by atoms with E-state index in [0.29, 0.717) is 24.3 Å². The largest absolute Gasteiger partial charge is 0.504 e. The Kier molecular flexibility index (Phi) is 5.26. The summed E-state index contributed by atoms with van der Waals surface area (Å²) in [4.78, 5) is 0. The summed E-state index contributed by atoms with van der Waals surface area (Å²) >= 11 is 0. The molecular weight excluding hydrogens is 276 g/mol. The summed E-state index contributed by atoms with van der Waals surface area (Å²) in [5.41, 5.74) is 2.60. The monoisotopic (exact) mass is 296 g/mol. The Morgan fingerprint density at radius 3 is 2.64 bits per heavy atom. The van der Waals surface area contributed by atoms with Gasteiger partial charge >= 0.3 is 0 Å². The van der Waals surface area contributed by atoms with Gasteiger partial charge in [-0.3, -0.25) is 0 Å². The van der Waals surface area contributed by atoms with Gasteiger partial charge < -0.3 is 14.6 Å². The highest BCUT2D eigenvalue weighted by Crippen LogP contribution is 2.39. The molecule has 2 aromatic rings. The van der Waals surface area contributed by atoms with Crippen molar-refractivity contribution < 1.29 is 14.6 Å². The molecule has 0 heterocycles. The second kappa shape index (κ2) is 7.36. The number of aromatic hydroxyl groups is 1. The summed E-state index contributed by atoms with van der Waals surface area (Å²) in [5.74, 6) is 1.30. The van der Waals surface area contributed by atoms with Crippen molar-refractivity contribution >= 4 is 0 Å². The minimum Gasteiger partial charge on any atom is -0.504 e. The van der Waals surface area contributed by atoms with Crippen LogP contribution in [0.3, 0.4) is 0 Å². The molecule has 0 unspecified atom stereocenters. The number of allylic oxidation sites excluding steroid dienone is 1. The predicted molar refractivity (Wildman–Crippen MR) is 89.7 cm³/mol. The van der Waals surface area contributed by atoms with Gasteiger partial charge in [-0.1, -0.05) is 30.9 Å². The van der Waals surface area contributed by atoms with Crippen LogP contribution in [0.25, 0.3) is 11.1 Å². The normalized spacial score (nSPS) is 10.0. The minimum atomic E-state index is 0.121. The highest BCUT2D eigenvalue weighted by atomic mass is 16.5. The fraction of sp³-hybridized carbons (Fsp3) is 0.158. The van der Waals surface area contributed by atoms with Crippen LogP contribution in [0.2, 0.25) is 0 Å². The van der Waals surface area contributed by atoms with E-state index in [-0.39, 0.29) is 5.75 Å². The van der Waals surface area contributed by atoms with Gasteiger partial charge in [0, 0.05) is 5.56 Å². The summed E-state index contributed by atoms with van der Waals surface area (Å²) in [6, 6.07) is 11.3. The maximum absolute atomic E-state index is 10.4. The van der Waals surface area contributed by atoms with E-state index in [4.69, 9.17) is 9.47 Å². The van der Waals surface area contributed by atoms with Crippen molar-refractivity contribution in [2.45, 2.75) is 6.42 Å². The van der Waals surface area contributed by atoms with Crippen LogP contribution in [0, 0.1) is 0 Å². The molecule has 3 nitrogen and oxygen atoms in total. The third-order valence-corrected chi connectivity index (χ3v) is 3.25. The van der Waals surface area contributed by atoms with E-state index < -0.39 is 0 Å². The molecule has 0 aliphatic carbocycles. The first kappa shape index (κ1) is 15.7.